The Morgan fingerprint density at radius 1 is 0.865 bits per heavy atom. The van der Waals surface area contributed by atoms with Crippen molar-refractivity contribution in [2.45, 2.75) is 25.8 Å². The molecule has 8 heteroatoms. The Balaban J connectivity index is 1.26. The van der Waals surface area contributed by atoms with Crippen LogP contribution >= 0.6 is 0 Å². The van der Waals surface area contributed by atoms with Crippen molar-refractivity contribution in [1.29, 1.82) is 0 Å². The summed E-state index contributed by atoms with van der Waals surface area (Å²) >= 11 is 0. The lowest BCUT2D eigenvalue weighted by molar-refractivity contribution is 0.220. The van der Waals surface area contributed by atoms with Gasteiger partial charge < -0.3 is 4.98 Å². The third-order valence-corrected chi connectivity index (χ3v) is 7.11. The first-order valence-corrected chi connectivity index (χ1v) is 12.7. The zero-order valence-corrected chi connectivity index (χ0v) is 20.4. The summed E-state index contributed by atoms with van der Waals surface area (Å²) in [6.45, 7) is 3.25. The van der Waals surface area contributed by atoms with E-state index in [0.29, 0.717) is 0 Å². The van der Waals surface area contributed by atoms with E-state index in [9.17, 15) is 0 Å². The van der Waals surface area contributed by atoms with E-state index in [4.69, 9.17) is 4.98 Å². The van der Waals surface area contributed by atoms with Crippen LogP contribution in [0.25, 0.3) is 55.8 Å². The first-order chi connectivity index (χ1) is 18.3. The summed E-state index contributed by atoms with van der Waals surface area (Å²) in [6.07, 6.45) is 13.2. The Morgan fingerprint density at radius 3 is 2.68 bits per heavy atom. The topological polar surface area (TPSA) is 99.3 Å². The number of fused-ring (bicyclic) bond motifs is 2. The van der Waals surface area contributed by atoms with Gasteiger partial charge in [0.2, 0.25) is 0 Å². The normalized spacial score (nSPS) is 14.5. The third kappa shape index (κ3) is 4.15. The van der Waals surface area contributed by atoms with Crippen LogP contribution in [-0.2, 0) is 6.54 Å². The van der Waals surface area contributed by atoms with Crippen LogP contribution in [0.3, 0.4) is 0 Å². The highest BCUT2D eigenvalue weighted by atomic mass is 15.1. The summed E-state index contributed by atoms with van der Waals surface area (Å²) in [5.74, 6) is 0. The molecule has 2 N–H and O–H groups in total. The molecule has 0 atom stereocenters. The second kappa shape index (κ2) is 9.22. The van der Waals surface area contributed by atoms with Crippen LogP contribution in [-0.4, -0.2) is 53.1 Å². The first kappa shape index (κ1) is 21.8. The van der Waals surface area contributed by atoms with Crippen molar-refractivity contribution in [3.8, 4) is 33.8 Å². The maximum atomic E-state index is 5.02. The van der Waals surface area contributed by atoms with Crippen LogP contribution in [0, 0.1) is 0 Å². The van der Waals surface area contributed by atoms with Gasteiger partial charge in [-0.2, -0.15) is 5.10 Å². The number of aromatic nitrogens is 7. The molecule has 6 aromatic heterocycles. The minimum atomic E-state index is 0.768. The zero-order valence-electron chi connectivity index (χ0n) is 20.4. The minimum absolute atomic E-state index is 0.768. The van der Waals surface area contributed by atoms with Gasteiger partial charge in [-0.1, -0.05) is 12.5 Å². The Bertz CT molecular complexity index is 1700. The molecule has 0 aromatic carbocycles. The summed E-state index contributed by atoms with van der Waals surface area (Å²) in [7, 11) is 0. The maximum absolute atomic E-state index is 5.02. The number of piperidine rings is 1. The molecule has 0 bridgehead atoms. The van der Waals surface area contributed by atoms with E-state index >= 15 is 0 Å². The molecule has 0 radical (unpaired) electrons. The number of pyridine rings is 4. The molecule has 0 saturated carbocycles. The van der Waals surface area contributed by atoms with E-state index in [1.165, 1.54) is 24.8 Å². The van der Waals surface area contributed by atoms with E-state index < -0.39 is 0 Å². The first-order valence-electron chi connectivity index (χ1n) is 12.7. The van der Waals surface area contributed by atoms with E-state index in [-0.39, 0.29) is 0 Å². The molecular weight excluding hydrogens is 460 g/mol. The predicted molar refractivity (Wildman–Crippen MR) is 145 cm³/mol. The average Bonchev–Trinajstić information content (AvgIpc) is 3.58. The molecule has 0 spiro atoms. The summed E-state index contributed by atoms with van der Waals surface area (Å²) in [5, 5.41) is 8.77. The van der Waals surface area contributed by atoms with Crippen molar-refractivity contribution in [3.63, 3.8) is 0 Å². The van der Waals surface area contributed by atoms with Crippen LogP contribution in [0.1, 0.15) is 24.8 Å². The van der Waals surface area contributed by atoms with Gasteiger partial charge in [0.05, 0.1) is 16.9 Å². The maximum Gasteiger partial charge on any atom is 0.138 e. The molecule has 6 aromatic rings. The lowest BCUT2D eigenvalue weighted by atomic mass is 10.1. The molecule has 1 fully saturated rings. The van der Waals surface area contributed by atoms with Gasteiger partial charge in [0.25, 0.3) is 0 Å². The fourth-order valence-electron chi connectivity index (χ4n) is 5.27. The van der Waals surface area contributed by atoms with Crippen molar-refractivity contribution in [1.82, 2.24) is 40.0 Å². The van der Waals surface area contributed by atoms with Gasteiger partial charge in [0, 0.05) is 54.0 Å². The molecule has 37 heavy (non-hydrogen) atoms. The van der Waals surface area contributed by atoms with E-state index in [2.05, 4.69) is 53.2 Å². The Hall–Kier alpha value is -4.43. The number of likely N-dealkylation sites (tertiary alicyclic amines) is 1. The number of rotatable bonds is 5. The van der Waals surface area contributed by atoms with E-state index in [1.54, 1.807) is 6.20 Å². The highest BCUT2D eigenvalue weighted by Gasteiger charge is 2.17. The average molecular weight is 487 g/mol. The number of hydrogen-bond donors (Lipinski definition) is 2. The van der Waals surface area contributed by atoms with Crippen LogP contribution in [0.15, 0.2) is 73.4 Å². The van der Waals surface area contributed by atoms with Crippen molar-refractivity contribution in [2.24, 2.45) is 0 Å². The van der Waals surface area contributed by atoms with Gasteiger partial charge in [-0.05, 0) is 73.5 Å². The summed E-state index contributed by atoms with van der Waals surface area (Å²) in [6, 6.07) is 14.4. The highest BCUT2D eigenvalue weighted by Crippen LogP contribution is 2.33. The number of H-pyrrole nitrogens is 2. The van der Waals surface area contributed by atoms with Crippen LogP contribution in [0.5, 0.6) is 0 Å². The molecule has 0 amide bonds. The lowest BCUT2D eigenvalue weighted by Gasteiger charge is -2.26. The Morgan fingerprint density at radius 2 is 1.78 bits per heavy atom. The van der Waals surface area contributed by atoms with Crippen LogP contribution < -0.4 is 0 Å². The third-order valence-electron chi connectivity index (χ3n) is 7.11. The number of nitrogens with zero attached hydrogens (tertiary/aromatic N) is 6. The SMILES string of the molecule is c1cncc(-c2ccnc3[nH]c(-c4n[nH]c5ccc(-c6cncc(CN7CCCCC7)c6)nc45)cc23)c1. The van der Waals surface area contributed by atoms with Gasteiger partial charge in [-0.3, -0.25) is 20.0 Å². The van der Waals surface area contributed by atoms with Gasteiger partial charge in [-0.25, -0.2) is 9.97 Å². The van der Waals surface area contributed by atoms with Crippen LogP contribution in [0.2, 0.25) is 0 Å². The summed E-state index contributed by atoms with van der Waals surface area (Å²) in [4.78, 5) is 24.3. The van der Waals surface area contributed by atoms with Crippen molar-refractivity contribution < 1.29 is 0 Å². The Labute approximate surface area is 213 Å². The van der Waals surface area contributed by atoms with Crippen molar-refractivity contribution in [3.05, 3.63) is 79.0 Å². The fourth-order valence-corrected chi connectivity index (χ4v) is 5.27. The monoisotopic (exact) mass is 486 g/mol. The van der Waals surface area contributed by atoms with E-state index in [1.807, 2.05) is 49.1 Å². The van der Waals surface area contributed by atoms with Gasteiger partial charge in [-0.15, -0.1) is 0 Å². The standard InChI is InChI=1S/C29H26N8/c1-2-11-37(12-3-1)18-19-13-21(17-31-15-19)24-6-7-25-27(33-24)28(36-35-25)26-14-23-22(8-10-32-29(23)34-26)20-5-4-9-30-16-20/h4-10,13-17H,1-3,11-12,18H2,(H,32,34)(H,35,36). The molecule has 0 aliphatic carbocycles. The number of hydrogen-bond acceptors (Lipinski definition) is 6. The molecule has 182 valence electrons. The summed E-state index contributed by atoms with van der Waals surface area (Å²) < 4.78 is 0. The van der Waals surface area contributed by atoms with Crippen LogP contribution in [0.4, 0.5) is 0 Å². The number of nitrogens with one attached hydrogen (secondary N) is 2. The minimum Gasteiger partial charge on any atom is -0.338 e. The second-order valence-electron chi connectivity index (χ2n) is 9.63. The zero-order chi connectivity index (χ0) is 24.6. The molecule has 1 aliphatic rings. The largest absolute Gasteiger partial charge is 0.338 e. The van der Waals surface area contributed by atoms with Gasteiger partial charge in [0.1, 0.15) is 16.9 Å². The molecular formula is C29H26N8. The fraction of sp³-hybridized carbons (Fsp3) is 0.207. The Kier molecular flexibility index (Phi) is 5.44. The molecule has 7 heterocycles. The lowest BCUT2D eigenvalue weighted by Crippen LogP contribution is -2.29. The summed E-state index contributed by atoms with van der Waals surface area (Å²) in [5.41, 5.74) is 9.38. The van der Waals surface area contributed by atoms with E-state index in [0.717, 1.165) is 75.5 Å². The molecule has 1 saturated heterocycles. The molecule has 8 nitrogen and oxygen atoms in total. The number of aromatic amines is 2. The van der Waals surface area contributed by atoms with Gasteiger partial charge >= 0.3 is 0 Å². The molecule has 7 rings (SSSR count). The predicted octanol–water partition coefficient (Wildman–Crippen LogP) is 5.61. The molecule has 0 unspecified atom stereocenters. The van der Waals surface area contributed by atoms with Crippen molar-refractivity contribution >= 4 is 22.1 Å². The van der Waals surface area contributed by atoms with Gasteiger partial charge in [0.15, 0.2) is 0 Å². The highest BCUT2D eigenvalue weighted by molar-refractivity contribution is 5.98. The smallest absolute Gasteiger partial charge is 0.138 e. The van der Waals surface area contributed by atoms with Crippen molar-refractivity contribution in [2.75, 3.05) is 13.1 Å². The second-order valence-corrected chi connectivity index (χ2v) is 9.63. The quantitative estimate of drug-likeness (QED) is 0.329. The molecule has 1 aliphatic heterocycles.